The molecule has 1 aromatic heterocycles. The standard InChI is InChI=1S/C24H48N6O15/c31-7-22(8-32,9-33)25-1-16(40)4-28-19(43)29(5-17(41)2-26-23(10-34,11-35)12-36)21(45)30(20(28)44)6-18(42)3-27-24(13-37,14-38)15-39/h16-18,25-27,31-42H,1-15H2/t16-,17-,18-/m0/s1. The van der Waals surface area contributed by atoms with E-state index in [1.807, 2.05) is 0 Å². The summed E-state index contributed by atoms with van der Waals surface area (Å²) in [7, 11) is 0. The normalized spacial score (nSPS) is 14.9. The van der Waals surface area contributed by atoms with Gasteiger partial charge in [-0.15, -0.1) is 0 Å². The van der Waals surface area contributed by atoms with Gasteiger partial charge in [0.1, 0.15) is 0 Å². The smallest absolute Gasteiger partial charge is 0.336 e. The molecule has 0 bridgehead atoms. The molecule has 0 radical (unpaired) electrons. The molecule has 15 N–H and O–H groups in total. The van der Waals surface area contributed by atoms with Crippen LogP contribution in [0.1, 0.15) is 0 Å². The molecule has 0 spiro atoms. The van der Waals surface area contributed by atoms with E-state index < -0.39 is 151 Å². The minimum atomic E-state index is -1.61. The maximum absolute atomic E-state index is 13.3. The van der Waals surface area contributed by atoms with Gasteiger partial charge in [0.15, 0.2) is 0 Å². The molecule has 3 atom stereocenters. The Morgan fingerprint density at radius 3 is 0.756 bits per heavy atom. The highest BCUT2D eigenvalue weighted by molar-refractivity contribution is 4.90. The van der Waals surface area contributed by atoms with Crippen molar-refractivity contribution >= 4 is 0 Å². The van der Waals surface area contributed by atoms with Crippen LogP contribution >= 0.6 is 0 Å². The summed E-state index contributed by atoms with van der Waals surface area (Å²) in [4.78, 5) is 39.9. The molecule has 0 saturated carbocycles. The van der Waals surface area contributed by atoms with Crippen LogP contribution in [0.15, 0.2) is 14.4 Å². The third kappa shape index (κ3) is 10.7. The van der Waals surface area contributed by atoms with Gasteiger partial charge in [-0.2, -0.15) is 0 Å². The second-order valence-electron chi connectivity index (χ2n) is 11.0. The first-order valence-corrected chi connectivity index (χ1v) is 14.0. The van der Waals surface area contributed by atoms with Gasteiger partial charge < -0.3 is 77.2 Å². The number of nitrogens with one attached hydrogen (secondary N) is 3. The second kappa shape index (κ2) is 18.8. The van der Waals surface area contributed by atoms with Gasteiger partial charge in [0.2, 0.25) is 0 Å². The molecule has 0 unspecified atom stereocenters. The van der Waals surface area contributed by atoms with Crippen LogP contribution < -0.4 is 33.0 Å². The molecule has 0 fully saturated rings. The Labute approximate surface area is 256 Å². The van der Waals surface area contributed by atoms with E-state index in [1.54, 1.807) is 0 Å². The maximum Gasteiger partial charge on any atom is 0.336 e. The van der Waals surface area contributed by atoms with E-state index in [9.17, 15) is 75.7 Å². The quantitative estimate of drug-likeness (QED) is 0.0489. The van der Waals surface area contributed by atoms with Gasteiger partial charge in [0, 0.05) is 19.6 Å². The lowest BCUT2D eigenvalue weighted by atomic mass is 10.0. The fraction of sp³-hybridized carbons (Fsp3) is 0.875. The number of hydrogen-bond donors (Lipinski definition) is 15. The Morgan fingerprint density at radius 2 is 0.600 bits per heavy atom. The molecule has 0 aromatic carbocycles. The van der Waals surface area contributed by atoms with Gasteiger partial charge in [-0.05, 0) is 0 Å². The molecule has 1 heterocycles. The van der Waals surface area contributed by atoms with Gasteiger partial charge >= 0.3 is 17.1 Å². The monoisotopic (exact) mass is 660 g/mol. The van der Waals surface area contributed by atoms with E-state index in [0.29, 0.717) is 13.7 Å². The molecule has 0 aliphatic heterocycles. The number of nitrogens with zero attached hydrogens (tertiary/aromatic N) is 3. The molecule has 0 saturated heterocycles. The molecular weight excluding hydrogens is 612 g/mol. The fourth-order valence-corrected chi connectivity index (χ4v) is 3.93. The van der Waals surface area contributed by atoms with Gasteiger partial charge in [-0.1, -0.05) is 0 Å². The lowest BCUT2D eigenvalue weighted by Gasteiger charge is -2.30. The minimum absolute atomic E-state index is 0.422. The molecule has 1 rings (SSSR count). The zero-order chi connectivity index (χ0) is 34.4. The summed E-state index contributed by atoms with van der Waals surface area (Å²) < 4.78 is 1.27. The van der Waals surface area contributed by atoms with Crippen LogP contribution in [0.3, 0.4) is 0 Å². The van der Waals surface area contributed by atoms with E-state index in [1.165, 1.54) is 0 Å². The SMILES string of the molecule is O=c1n(C[C@@H](O)CNC(CO)(CO)CO)c(=O)n(C[C@@H](O)CNC(CO)(CO)CO)c(=O)n1C[C@@H](O)CNC(CO)(CO)CO. The van der Waals surface area contributed by atoms with E-state index in [-0.39, 0.29) is 0 Å². The van der Waals surface area contributed by atoms with Crippen LogP contribution in [0, 0.1) is 0 Å². The summed E-state index contributed by atoms with van der Waals surface area (Å²) in [5.41, 5.74) is -8.70. The van der Waals surface area contributed by atoms with Crippen molar-refractivity contribution in [2.75, 3.05) is 79.1 Å². The van der Waals surface area contributed by atoms with Crippen molar-refractivity contribution in [2.24, 2.45) is 0 Å². The summed E-state index contributed by atoms with van der Waals surface area (Å²) in [6.07, 6.45) is -4.76. The molecule has 21 nitrogen and oxygen atoms in total. The lowest BCUT2D eigenvalue weighted by molar-refractivity contribution is 0.0288. The van der Waals surface area contributed by atoms with Crippen molar-refractivity contribution in [2.45, 2.75) is 54.6 Å². The molecule has 0 amide bonds. The Bertz CT molecular complexity index is 981. The number of rotatable bonds is 24. The summed E-state index contributed by atoms with van der Waals surface area (Å²) in [6.45, 7) is -10.4. The Balaban J connectivity index is 3.46. The first-order chi connectivity index (χ1) is 21.2. The topological polar surface area (TPSA) is 345 Å². The summed E-state index contributed by atoms with van der Waals surface area (Å²) in [5.74, 6) is 0. The van der Waals surface area contributed by atoms with Crippen LogP contribution in [0.4, 0.5) is 0 Å². The van der Waals surface area contributed by atoms with E-state index in [4.69, 9.17) is 0 Å². The Kier molecular flexibility index (Phi) is 17.1. The van der Waals surface area contributed by atoms with Crippen LogP contribution in [0.2, 0.25) is 0 Å². The van der Waals surface area contributed by atoms with Gasteiger partial charge in [-0.25, -0.2) is 28.1 Å². The van der Waals surface area contributed by atoms with E-state index >= 15 is 0 Å². The molecule has 1 aromatic rings. The average molecular weight is 661 g/mol. The van der Waals surface area contributed by atoms with E-state index in [0.717, 1.165) is 0 Å². The molecule has 0 aliphatic rings. The second-order valence-corrected chi connectivity index (χ2v) is 11.0. The zero-order valence-corrected chi connectivity index (χ0v) is 24.8. The molecular formula is C24H48N6O15. The van der Waals surface area contributed by atoms with Crippen molar-refractivity contribution in [1.29, 1.82) is 0 Å². The number of hydrogen-bond acceptors (Lipinski definition) is 18. The fourth-order valence-electron chi connectivity index (χ4n) is 3.93. The molecule has 264 valence electrons. The van der Waals surface area contributed by atoms with Crippen molar-refractivity contribution in [3.8, 4) is 0 Å². The highest BCUT2D eigenvalue weighted by Gasteiger charge is 2.31. The molecule has 21 heteroatoms. The van der Waals surface area contributed by atoms with Crippen LogP contribution in [0.5, 0.6) is 0 Å². The van der Waals surface area contributed by atoms with Crippen molar-refractivity contribution in [3.05, 3.63) is 31.5 Å². The third-order valence-corrected chi connectivity index (χ3v) is 7.43. The summed E-state index contributed by atoms with van der Waals surface area (Å²) >= 11 is 0. The van der Waals surface area contributed by atoms with Crippen molar-refractivity contribution in [1.82, 2.24) is 29.7 Å². The van der Waals surface area contributed by atoms with E-state index in [2.05, 4.69) is 16.0 Å². The third-order valence-electron chi connectivity index (χ3n) is 7.43. The Morgan fingerprint density at radius 1 is 0.422 bits per heavy atom. The zero-order valence-electron chi connectivity index (χ0n) is 24.8. The lowest BCUT2D eigenvalue weighted by Crippen LogP contribution is -2.60. The number of β-amino-alcohol motifs (C(OH)–C–C–N with tert-alkyl or cyclic N) is 3. The van der Waals surface area contributed by atoms with Crippen LogP contribution in [0.25, 0.3) is 0 Å². The first-order valence-electron chi connectivity index (χ1n) is 14.0. The highest BCUT2D eigenvalue weighted by atomic mass is 16.3. The minimum Gasteiger partial charge on any atom is -0.394 e. The van der Waals surface area contributed by atoms with Gasteiger partial charge in [-0.3, -0.25) is 0 Å². The predicted molar refractivity (Wildman–Crippen MR) is 153 cm³/mol. The molecule has 45 heavy (non-hydrogen) atoms. The largest absolute Gasteiger partial charge is 0.394 e. The number of aliphatic hydroxyl groups is 12. The number of aliphatic hydroxyl groups excluding tert-OH is 12. The van der Waals surface area contributed by atoms with Gasteiger partial charge in [0.05, 0.1) is 114 Å². The average Bonchev–Trinajstić information content (AvgIpc) is 3.06. The highest BCUT2D eigenvalue weighted by Crippen LogP contribution is 2.04. The summed E-state index contributed by atoms with van der Waals surface area (Å²) in [5, 5.41) is 125. The van der Waals surface area contributed by atoms with Crippen molar-refractivity contribution < 1.29 is 61.3 Å². The number of aromatic nitrogens is 3. The van der Waals surface area contributed by atoms with Crippen LogP contribution in [-0.2, 0) is 19.6 Å². The van der Waals surface area contributed by atoms with Crippen molar-refractivity contribution in [3.63, 3.8) is 0 Å². The maximum atomic E-state index is 13.3. The van der Waals surface area contributed by atoms with Crippen LogP contribution in [-0.4, -0.2) is 189 Å². The Hall–Kier alpha value is -2.19. The predicted octanol–water partition coefficient (Wildman–Crippen LogP) is -10.8. The summed E-state index contributed by atoms with van der Waals surface area (Å²) in [6, 6.07) is 0. The molecule has 0 aliphatic carbocycles. The first kappa shape index (κ1) is 40.8. The van der Waals surface area contributed by atoms with Gasteiger partial charge in [0.25, 0.3) is 0 Å².